The molecule has 1 fully saturated rings. The molecule has 2 heterocycles. The van der Waals surface area contributed by atoms with Crippen molar-refractivity contribution in [2.45, 2.75) is 58.3 Å². The predicted molar refractivity (Wildman–Crippen MR) is 122 cm³/mol. The van der Waals surface area contributed by atoms with E-state index in [-0.39, 0.29) is 36.2 Å². The highest BCUT2D eigenvalue weighted by molar-refractivity contribution is 5.91. The van der Waals surface area contributed by atoms with Gasteiger partial charge in [-0.25, -0.2) is 0 Å². The number of hydrogen-bond donors (Lipinski definition) is 3. The van der Waals surface area contributed by atoms with E-state index in [0.29, 0.717) is 5.88 Å². The van der Waals surface area contributed by atoms with Crippen LogP contribution in [0.4, 0.5) is 0 Å². The molecule has 0 bridgehead atoms. The number of methoxy groups -OCH3 is 1. The maximum Gasteiger partial charge on any atom is 0.243 e. The van der Waals surface area contributed by atoms with Crippen LogP contribution in [0.25, 0.3) is 10.9 Å². The molecule has 0 aliphatic carbocycles. The first-order valence-corrected chi connectivity index (χ1v) is 10.9. The first-order valence-electron chi connectivity index (χ1n) is 10.9. The smallest absolute Gasteiger partial charge is 0.243 e. The summed E-state index contributed by atoms with van der Waals surface area (Å²) < 4.78 is 7.11. The predicted octanol–water partition coefficient (Wildman–Crippen LogP) is 1.36. The van der Waals surface area contributed by atoms with Crippen molar-refractivity contribution in [1.82, 2.24) is 25.3 Å². The maximum absolute atomic E-state index is 13.2. The van der Waals surface area contributed by atoms with E-state index in [1.54, 1.807) is 18.8 Å². The fourth-order valence-corrected chi connectivity index (χ4v) is 4.46. The Morgan fingerprint density at radius 2 is 2.00 bits per heavy atom. The normalized spacial score (nSPS) is 20.9. The van der Waals surface area contributed by atoms with Gasteiger partial charge in [0.1, 0.15) is 6.04 Å². The van der Waals surface area contributed by atoms with Crippen LogP contribution >= 0.6 is 0 Å². The molecule has 176 valence electrons. The number of carbonyl (C=O) groups excluding carboxylic acids is 2. The third kappa shape index (κ3) is 4.59. The third-order valence-corrected chi connectivity index (χ3v) is 6.16. The first kappa shape index (κ1) is 24.0. The molecule has 0 saturated carbocycles. The molecule has 3 rings (SSSR count). The van der Waals surface area contributed by atoms with Gasteiger partial charge >= 0.3 is 0 Å². The molecular weight excluding hydrogens is 410 g/mol. The summed E-state index contributed by atoms with van der Waals surface area (Å²) in [5, 5.41) is 21.5. The van der Waals surface area contributed by atoms with Crippen molar-refractivity contribution in [3.63, 3.8) is 0 Å². The summed E-state index contributed by atoms with van der Waals surface area (Å²) in [5.74, 6) is 0.0779. The Morgan fingerprint density at radius 3 is 2.59 bits per heavy atom. The Bertz CT molecular complexity index is 996. The van der Waals surface area contributed by atoms with Gasteiger partial charge in [-0.3, -0.25) is 14.3 Å². The second kappa shape index (κ2) is 9.07. The number of carbonyl (C=O) groups is 2. The van der Waals surface area contributed by atoms with Gasteiger partial charge in [0.05, 0.1) is 36.2 Å². The third-order valence-electron chi connectivity index (χ3n) is 6.16. The van der Waals surface area contributed by atoms with Crippen molar-refractivity contribution in [3.8, 4) is 5.88 Å². The van der Waals surface area contributed by atoms with E-state index in [1.165, 1.54) is 4.90 Å². The van der Waals surface area contributed by atoms with Crippen LogP contribution in [0, 0.1) is 5.41 Å². The fourth-order valence-electron chi connectivity index (χ4n) is 4.46. The van der Waals surface area contributed by atoms with Crippen molar-refractivity contribution in [2.75, 3.05) is 20.7 Å². The molecule has 9 nitrogen and oxygen atoms in total. The second-order valence-corrected chi connectivity index (χ2v) is 9.62. The Balaban J connectivity index is 1.79. The number of β-amino-alcohol motifs (C(OH)–C–C–N with tert-alkyl or cyclic N) is 1. The number of ether oxygens (including phenoxy) is 1. The molecule has 32 heavy (non-hydrogen) atoms. The average molecular weight is 446 g/mol. The lowest BCUT2D eigenvalue weighted by atomic mass is 9.86. The summed E-state index contributed by atoms with van der Waals surface area (Å²) >= 11 is 0. The average Bonchev–Trinajstić information content (AvgIpc) is 3.27. The quantitative estimate of drug-likeness (QED) is 0.620. The van der Waals surface area contributed by atoms with Crippen LogP contribution in [0.2, 0.25) is 0 Å². The van der Waals surface area contributed by atoms with Gasteiger partial charge in [-0.1, -0.05) is 26.8 Å². The number of nitrogens with zero attached hydrogens (tertiary/aromatic N) is 3. The monoisotopic (exact) mass is 445 g/mol. The molecule has 4 atom stereocenters. The minimum Gasteiger partial charge on any atom is -0.479 e. The van der Waals surface area contributed by atoms with Crippen molar-refractivity contribution < 1.29 is 19.4 Å². The zero-order valence-electron chi connectivity index (χ0n) is 20.0. The zero-order valence-corrected chi connectivity index (χ0v) is 20.0. The van der Waals surface area contributed by atoms with Crippen LogP contribution < -0.4 is 15.4 Å². The summed E-state index contributed by atoms with van der Waals surface area (Å²) in [5.41, 5.74) is 1.50. The standard InChI is InChI=1S/C23H35N5O4/c1-13(14-8-9-17-16(10-14)21(32-7)26-27(17)6)25-20(30)18-11-15(29)12-28(18)22(31)19(24-5)23(2,3)4/h8-10,13,15,18-19,24,29H,11-12H2,1-7H3,(H,25,30)/t13-,15+,18-,19+/m0/s1. The summed E-state index contributed by atoms with van der Waals surface area (Å²) in [7, 11) is 5.16. The minimum atomic E-state index is -0.724. The van der Waals surface area contributed by atoms with Crippen molar-refractivity contribution in [3.05, 3.63) is 23.8 Å². The van der Waals surface area contributed by atoms with Gasteiger partial charge in [-0.2, -0.15) is 0 Å². The molecule has 0 unspecified atom stereocenters. The molecule has 2 aromatic rings. The molecule has 0 spiro atoms. The van der Waals surface area contributed by atoms with Gasteiger partial charge < -0.3 is 25.4 Å². The number of aliphatic hydroxyl groups excluding tert-OH is 1. The highest BCUT2D eigenvalue weighted by atomic mass is 16.5. The highest BCUT2D eigenvalue weighted by Crippen LogP contribution is 2.29. The number of likely N-dealkylation sites (tertiary alicyclic amines) is 1. The largest absolute Gasteiger partial charge is 0.479 e. The Morgan fingerprint density at radius 1 is 1.31 bits per heavy atom. The lowest BCUT2D eigenvalue weighted by Gasteiger charge is -2.34. The van der Waals surface area contributed by atoms with E-state index in [1.807, 2.05) is 52.9 Å². The number of aromatic nitrogens is 2. The number of amides is 2. The van der Waals surface area contributed by atoms with E-state index < -0.39 is 18.2 Å². The van der Waals surface area contributed by atoms with Gasteiger partial charge in [-0.05, 0) is 37.1 Å². The van der Waals surface area contributed by atoms with E-state index in [0.717, 1.165) is 16.5 Å². The topological polar surface area (TPSA) is 109 Å². The highest BCUT2D eigenvalue weighted by Gasteiger charge is 2.43. The van der Waals surface area contributed by atoms with E-state index in [4.69, 9.17) is 4.74 Å². The molecule has 1 aliphatic heterocycles. The summed E-state index contributed by atoms with van der Waals surface area (Å²) in [6.07, 6.45) is -0.501. The second-order valence-electron chi connectivity index (χ2n) is 9.62. The van der Waals surface area contributed by atoms with Gasteiger partial charge in [0.15, 0.2) is 0 Å². The number of aliphatic hydroxyl groups is 1. The lowest BCUT2D eigenvalue weighted by molar-refractivity contribution is -0.142. The number of aryl methyl sites for hydroxylation is 1. The zero-order chi connectivity index (χ0) is 23.8. The van der Waals surface area contributed by atoms with Gasteiger partial charge in [0, 0.05) is 20.0 Å². The molecule has 1 aromatic carbocycles. The van der Waals surface area contributed by atoms with E-state index in [2.05, 4.69) is 15.7 Å². The summed E-state index contributed by atoms with van der Waals surface area (Å²) in [6, 6.07) is 4.37. The maximum atomic E-state index is 13.2. The minimum absolute atomic E-state index is 0.151. The molecular formula is C23H35N5O4. The van der Waals surface area contributed by atoms with Gasteiger partial charge in [0.2, 0.25) is 17.7 Å². The van der Waals surface area contributed by atoms with E-state index >= 15 is 0 Å². The molecule has 9 heteroatoms. The summed E-state index contributed by atoms with van der Waals surface area (Å²) in [4.78, 5) is 27.9. The number of rotatable bonds is 6. The Hall–Kier alpha value is -2.65. The lowest BCUT2D eigenvalue weighted by Crippen LogP contribution is -2.56. The van der Waals surface area contributed by atoms with Crippen molar-refractivity contribution in [2.24, 2.45) is 12.5 Å². The molecule has 2 amide bonds. The number of fused-ring (bicyclic) bond motifs is 1. The summed E-state index contributed by atoms with van der Waals surface area (Å²) in [6.45, 7) is 7.96. The molecule has 1 aliphatic rings. The molecule has 1 saturated heterocycles. The Kier molecular flexibility index (Phi) is 6.80. The van der Waals surface area contributed by atoms with Crippen LogP contribution in [0.15, 0.2) is 18.2 Å². The van der Waals surface area contributed by atoms with Crippen LogP contribution in [0.1, 0.15) is 45.7 Å². The molecule has 0 radical (unpaired) electrons. The van der Waals surface area contributed by atoms with Crippen LogP contribution in [0.5, 0.6) is 5.88 Å². The van der Waals surface area contributed by atoms with Crippen molar-refractivity contribution in [1.29, 1.82) is 0 Å². The van der Waals surface area contributed by atoms with Crippen LogP contribution in [-0.4, -0.2) is 70.5 Å². The van der Waals surface area contributed by atoms with Crippen LogP contribution in [-0.2, 0) is 16.6 Å². The number of hydrogen-bond acceptors (Lipinski definition) is 6. The number of likely N-dealkylation sites (N-methyl/N-ethyl adjacent to an activating group) is 1. The van der Waals surface area contributed by atoms with Crippen molar-refractivity contribution >= 4 is 22.7 Å². The number of nitrogens with one attached hydrogen (secondary N) is 2. The first-order chi connectivity index (χ1) is 15.0. The van der Waals surface area contributed by atoms with Crippen LogP contribution in [0.3, 0.4) is 0 Å². The molecule has 1 aromatic heterocycles. The fraction of sp³-hybridized carbons (Fsp3) is 0.609. The van der Waals surface area contributed by atoms with Gasteiger partial charge in [0.25, 0.3) is 0 Å². The van der Waals surface area contributed by atoms with Gasteiger partial charge in [-0.15, -0.1) is 5.10 Å². The SMILES string of the molecule is CN[C@H](C(=O)N1C[C@H](O)C[C@H]1C(=O)N[C@@H](C)c1ccc2c(c1)c(OC)nn2C)C(C)(C)C. The Labute approximate surface area is 189 Å². The van der Waals surface area contributed by atoms with E-state index in [9.17, 15) is 14.7 Å². The number of benzene rings is 1. The molecule has 3 N–H and O–H groups in total.